The number of fused-ring (bicyclic) bond motifs is 2. The van der Waals surface area contributed by atoms with E-state index in [1.807, 2.05) is 30.3 Å². The van der Waals surface area contributed by atoms with Crippen LogP contribution in [-0.4, -0.2) is 61.2 Å². The summed E-state index contributed by atoms with van der Waals surface area (Å²) >= 11 is 0. The van der Waals surface area contributed by atoms with Crippen LogP contribution >= 0.6 is 0 Å². The fourth-order valence-corrected chi connectivity index (χ4v) is 6.35. The Morgan fingerprint density at radius 1 is 0.596 bits per heavy atom. The van der Waals surface area contributed by atoms with Crippen molar-refractivity contribution in [2.75, 3.05) is 22.4 Å². The van der Waals surface area contributed by atoms with Crippen LogP contribution in [0.25, 0.3) is 12.2 Å². The molecular weight excluding hydrogens is 731 g/mol. The van der Waals surface area contributed by atoms with E-state index in [-0.39, 0.29) is 66.1 Å². The summed E-state index contributed by atoms with van der Waals surface area (Å²) in [6.45, 7) is -0.742. The Bertz CT molecular complexity index is 2370. The number of rotatable bonds is 18. The summed E-state index contributed by atoms with van der Waals surface area (Å²) in [7, 11) is 0. The molecule has 0 atom stereocenters. The standard InChI is InChI=1S/C41H35N9O7/c51-22-42-18-28-17-33(34(19-43-23-52)35(20-44-24-53)38(28)47-49-40-32-8-4-2-6-27(32)10-16-37(40)56)41(57)50(21-45-25-54)30-13-11-29(12-14-30)46-48-39-31-7-3-1-5-26(31)9-15-36(39)55/h1-17,22-25,46-47H,18-21H2,(H,42,51)(H,43,52)(H,44,53)(H,45,54)/b48-39-,49-40-. The molecule has 0 saturated heterocycles. The molecule has 2 aliphatic rings. The van der Waals surface area contributed by atoms with Crippen LogP contribution in [0.15, 0.2) is 101 Å². The third-order valence-corrected chi connectivity index (χ3v) is 9.02. The fourth-order valence-electron chi connectivity index (χ4n) is 6.35. The highest BCUT2D eigenvalue weighted by Crippen LogP contribution is 2.32. The second kappa shape index (κ2) is 18.4. The zero-order valence-corrected chi connectivity index (χ0v) is 30.2. The molecule has 0 fully saturated rings. The van der Waals surface area contributed by atoms with Crippen molar-refractivity contribution in [2.45, 2.75) is 19.6 Å². The van der Waals surface area contributed by atoms with Gasteiger partial charge < -0.3 is 21.3 Å². The molecule has 6 N–H and O–H groups in total. The lowest BCUT2D eigenvalue weighted by atomic mass is 9.93. The second-order valence-electron chi connectivity index (χ2n) is 12.4. The van der Waals surface area contributed by atoms with E-state index in [1.165, 1.54) is 23.1 Å². The maximum absolute atomic E-state index is 14.6. The number of allylic oxidation sites excluding steroid dienone is 2. The summed E-state index contributed by atoms with van der Waals surface area (Å²) in [4.78, 5) is 87.9. The predicted octanol–water partition coefficient (Wildman–Crippen LogP) is 2.60. The molecule has 5 amide bonds. The average Bonchev–Trinajstić information content (AvgIpc) is 3.24. The lowest BCUT2D eigenvalue weighted by Crippen LogP contribution is -2.39. The second-order valence-corrected chi connectivity index (χ2v) is 12.4. The largest absolute Gasteiger partial charge is 0.355 e. The van der Waals surface area contributed by atoms with E-state index in [9.17, 15) is 33.6 Å². The fraction of sp³-hybridized carbons (Fsp3) is 0.0976. The van der Waals surface area contributed by atoms with E-state index in [0.29, 0.717) is 59.3 Å². The zero-order valence-electron chi connectivity index (χ0n) is 30.2. The number of ketones is 2. The van der Waals surface area contributed by atoms with E-state index >= 15 is 0 Å². The Morgan fingerprint density at radius 3 is 1.70 bits per heavy atom. The average molecular weight is 766 g/mol. The van der Waals surface area contributed by atoms with Crippen molar-refractivity contribution in [3.8, 4) is 0 Å². The highest BCUT2D eigenvalue weighted by Gasteiger charge is 2.27. The van der Waals surface area contributed by atoms with E-state index in [1.54, 1.807) is 54.6 Å². The van der Waals surface area contributed by atoms with Crippen molar-refractivity contribution >= 4 is 83.8 Å². The number of benzene rings is 4. The summed E-state index contributed by atoms with van der Waals surface area (Å²) in [6, 6.07) is 22.5. The molecule has 16 heteroatoms. The summed E-state index contributed by atoms with van der Waals surface area (Å²) in [5, 5.41) is 19.1. The van der Waals surface area contributed by atoms with Crippen molar-refractivity contribution < 1.29 is 33.6 Å². The van der Waals surface area contributed by atoms with Crippen LogP contribution in [0, 0.1) is 0 Å². The Kier molecular flexibility index (Phi) is 12.5. The molecule has 16 nitrogen and oxygen atoms in total. The number of carbonyl (C=O) groups is 7. The maximum atomic E-state index is 14.6. The first kappa shape index (κ1) is 38.7. The molecule has 6 rings (SSSR count). The van der Waals surface area contributed by atoms with Gasteiger partial charge in [-0.25, -0.2) is 0 Å². The molecule has 286 valence electrons. The van der Waals surface area contributed by atoms with Crippen LogP contribution in [0.1, 0.15) is 49.3 Å². The van der Waals surface area contributed by atoms with Gasteiger partial charge in [-0.15, -0.1) is 0 Å². The quantitative estimate of drug-likeness (QED) is 0.0498. The van der Waals surface area contributed by atoms with Gasteiger partial charge in [0.05, 0.1) is 18.0 Å². The molecule has 0 saturated carbocycles. The lowest BCUT2D eigenvalue weighted by Gasteiger charge is -2.27. The third kappa shape index (κ3) is 8.70. The maximum Gasteiger partial charge on any atom is 0.260 e. The van der Waals surface area contributed by atoms with Crippen LogP contribution in [0.2, 0.25) is 0 Å². The summed E-state index contributed by atoms with van der Waals surface area (Å²) in [5.74, 6) is -1.25. The van der Waals surface area contributed by atoms with E-state index in [4.69, 9.17) is 0 Å². The molecule has 4 aromatic rings. The van der Waals surface area contributed by atoms with Gasteiger partial charge in [-0.3, -0.25) is 49.3 Å². The van der Waals surface area contributed by atoms with E-state index in [0.717, 1.165) is 11.1 Å². The van der Waals surface area contributed by atoms with Crippen molar-refractivity contribution in [2.24, 2.45) is 10.2 Å². The molecule has 0 aliphatic heterocycles. The van der Waals surface area contributed by atoms with Gasteiger partial charge >= 0.3 is 0 Å². The Labute approximate surface area is 325 Å². The van der Waals surface area contributed by atoms with Gasteiger partial charge in [0.2, 0.25) is 37.2 Å². The van der Waals surface area contributed by atoms with Gasteiger partial charge in [-0.05, 0) is 64.7 Å². The smallest absolute Gasteiger partial charge is 0.260 e. The molecule has 2 aliphatic carbocycles. The van der Waals surface area contributed by atoms with Crippen LogP contribution in [0.5, 0.6) is 0 Å². The molecule has 0 bridgehead atoms. The molecule has 57 heavy (non-hydrogen) atoms. The normalized spacial score (nSPS) is 13.9. The highest BCUT2D eigenvalue weighted by molar-refractivity contribution is 6.52. The summed E-state index contributed by atoms with van der Waals surface area (Å²) in [6.07, 6.45) is 8.04. The number of nitrogens with one attached hydrogen (secondary N) is 6. The van der Waals surface area contributed by atoms with Gasteiger partial charge in [-0.1, -0.05) is 60.7 Å². The first-order valence-corrected chi connectivity index (χ1v) is 17.5. The van der Waals surface area contributed by atoms with Crippen LogP contribution in [0.4, 0.5) is 17.1 Å². The number of hydrogen-bond donors (Lipinski definition) is 6. The van der Waals surface area contributed by atoms with Gasteiger partial charge in [0.25, 0.3) is 5.91 Å². The van der Waals surface area contributed by atoms with E-state index < -0.39 is 5.91 Å². The van der Waals surface area contributed by atoms with E-state index in [2.05, 4.69) is 42.3 Å². The Morgan fingerprint density at radius 2 is 1.12 bits per heavy atom. The molecule has 0 unspecified atom stereocenters. The molecule has 0 radical (unpaired) electrons. The number of amides is 5. The number of hydrogen-bond acceptors (Lipinski definition) is 11. The number of nitrogens with zero attached hydrogens (tertiary/aromatic N) is 3. The van der Waals surface area contributed by atoms with Gasteiger partial charge in [-0.2, -0.15) is 10.2 Å². The van der Waals surface area contributed by atoms with Gasteiger partial charge in [0.1, 0.15) is 11.4 Å². The number of anilines is 3. The number of hydrazone groups is 2. The minimum atomic E-state index is -0.622. The summed E-state index contributed by atoms with van der Waals surface area (Å²) < 4.78 is 0. The van der Waals surface area contributed by atoms with Gasteiger partial charge in [0.15, 0.2) is 0 Å². The minimum absolute atomic E-state index is 0.0544. The first-order chi connectivity index (χ1) is 27.9. The number of carbonyl (C=O) groups excluding carboxylic acids is 7. The molecule has 0 aromatic heterocycles. The highest BCUT2D eigenvalue weighted by atomic mass is 16.2. The van der Waals surface area contributed by atoms with Gasteiger partial charge in [0, 0.05) is 47.6 Å². The van der Waals surface area contributed by atoms with Crippen LogP contribution in [0.3, 0.4) is 0 Å². The molecule has 0 heterocycles. The molecule has 0 spiro atoms. The minimum Gasteiger partial charge on any atom is -0.355 e. The zero-order chi connectivity index (χ0) is 40.1. The molecule has 4 aromatic carbocycles. The Hall–Kier alpha value is -8.01. The topological polar surface area (TPSA) is 220 Å². The monoisotopic (exact) mass is 765 g/mol. The van der Waals surface area contributed by atoms with Crippen molar-refractivity contribution in [1.29, 1.82) is 0 Å². The SMILES string of the molecule is O=CNCc1cc(C(=O)N(CNC=O)c2ccc(N/N=C3\C(=O)C=Cc4ccccc43)cc2)c(CNC=O)c(CNC=O)c1N/N=C1\C(=O)C=Cc2ccccc21. The van der Waals surface area contributed by atoms with Crippen molar-refractivity contribution in [3.05, 3.63) is 136 Å². The van der Waals surface area contributed by atoms with Crippen LogP contribution < -0.4 is 37.0 Å². The molecular formula is C41H35N9O7. The van der Waals surface area contributed by atoms with Crippen LogP contribution in [-0.2, 0) is 48.4 Å². The van der Waals surface area contributed by atoms with Crippen molar-refractivity contribution in [1.82, 2.24) is 21.3 Å². The lowest BCUT2D eigenvalue weighted by molar-refractivity contribution is -0.110. The third-order valence-electron chi connectivity index (χ3n) is 9.02. The predicted molar refractivity (Wildman–Crippen MR) is 214 cm³/mol. The Balaban J connectivity index is 1.40. The summed E-state index contributed by atoms with van der Waals surface area (Å²) in [5.41, 5.74) is 11.1. The van der Waals surface area contributed by atoms with Crippen molar-refractivity contribution in [3.63, 3.8) is 0 Å². The first-order valence-electron chi connectivity index (χ1n) is 17.5.